The summed E-state index contributed by atoms with van der Waals surface area (Å²) in [5.41, 5.74) is 3.28. The lowest BCUT2D eigenvalue weighted by Gasteiger charge is -2.08. The number of benzene rings is 3. The fraction of sp³-hybridized carbons (Fsp3) is 0.100. The van der Waals surface area contributed by atoms with Gasteiger partial charge in [0, 0.05) is 5.56 Å². The van der Waals surface area contributed by atoms with Crippen LogP contribution in [-0.4, -0.2) is 25.8 Å². The van der Waals surface area contributed by atoms with Crippen molar-refractivity contribution in [1.29, 1.82) is 0 Å². The fourth-order valence-corrected chi connectivity index (χ4v) is 2.45. The maximum absolute atomic E-state index is 11.8. The van der Waals surface area contributed by atoms with Gasteiger partial charge >= 0.3 is 0 Å². The second-order valence-electron chi connectivity index (χ2n) is 5.30. The number of hydrogen-bond acceptors (Lipinski definition) is 4. The summed E-state index contributed by atoms with van der Waals surface area (Å²) in [5, 5.41) is 6.10. The first-order valence-corrected chi connectivity index (χ1v) is 7.83. The molecule has 0 atom stereocenters. The van der Waals surface area contributed by atoms with E-state index in [0.29, 0.717) is 11.5 Å². The number of hydrazone groups is 1. The third-order valence-corrected chi connectivity index (χ3v) is 3.65. The van der Waals surface area contributed by atoms with Crippen LogP contribution in [0, 0.1) is 0 Å². The zero-order valence-corrected chi connectivity index (χ0v) is 13.8. The number of para-hydroxylation sites is 1. The number of carbonyl (C=O) groups is 1. The van der Waals surface area contributed by atoms with Gasteiger partial charge in [0.2, 0.25) is 0 Å². The molecule has 0 aromatic heterocycles. The summed E-state index contributed by atoms with van der Waals surface area (Å²) >= 11 is 0. The van der Waals surface area contributed by atoms with Gasteiger partial charge < -0.3 is 9.47 Å². The molecule has 0 spiro atoms. The van der Waals surface area contributed by atoms with Crippen LogP contribution in [0.5, 0.6) is 11.5 Å². The second-order valence-corrected chi connectivity index (χ2v) is 5.30. The topological polar surface area (TPSA) is 59.9 Å². The Balaban J connectivity index is 1.67. The Kier molecular flexibility index (Phi) is 5.26. The fourth-order valence-electron chi connectivity index (χ4n) is 2.45. The summed E-state index contributed by atoms with van der Waals surface area (Å²) in [6.07, 6.45) is 1.58. The van der Waals surface area contributed by atoms with Crippen LogP contribution >= 0.6 is 0 Å². The average Bonchev–Trinajstić information content (AvgIpc) is 2.67. The van der Waals surface area contributed by atoms with Gasteiger partial charge in [0.1, 0.15) is 11.5 Å². The van der Waals surface area contributed by atoms with E-state index in [1.807, 2.05) is 54.6 Å². The minimum absolute atomic E-state index is 0.103. The average molecular weight is 334 g/mol. The first-order chi connectivity index (χ1) is 12.3. The Hall–Kier alpha value is -3.34. The van der Waals surface area contributed by atoms with Gasteiger partial charge in [-0.05, 0) is 29.0 Å². The van der Waals surface area contributed by atoms with E-state index in [4.69, 9.17) is 9.47 Å². The number of fused-ring (bicyclic) bond motifs is 1. The van der Waals surface area contributed by atoms with E-state index in [2.05, 4.69) is 10.5 Å². The summed E-state index contributed by atoms with van der Waals surface area (Å²) in [6.45, 7) is -0.103. The molecule has 0 bridgehead atoms. The molecule has 0 aliphatic carbocycles. The van der Waals surface area contributed by atoms with E-state index in [9.17, 15) is 4.79 Å². The van der Waals surface area contributed by atoms with Gasteiger partial charge in [0.25, 0.3) is 5.91 Å². The van der Waals surface area contributed by atoms with Crippen molar-refractivity contribution in [3.63, 3.8) is 0 Å². The van der Waals surface area contributed by atoms with E-state index < -0.39 is 0 Å². The molecule has 0 aliphatic heterocycles. The molecule has 5 nitrogen and oxygen atoms in total. The Bertz CT molecular complexity index is 892. The number of nitrogens with one attached hydrogen (secondary N) is 1. The first kappa shape index (κ1) is 16.5. The van der Waals surface area contributed by atoms with E-state index in [0.717, 1.165) is 16.3 Å². The monoisotopic (exact) mass is 334 g/mol. The molecule has 0 fully saturated rings. The summed E-state index contributed by atoms with van der Waals surface area (Å²) in [4.78, 5) is 11.8. The molecule has 25 heavy (non-hydrogen) atoms. The standard InChI is InChI=1S/C20H18N2O3/c1-24-19-12-11-15-7-5-6-10-17(15)18(19)13-21-22-20(23)14-25-16-8-3-2-4-9-16/h2-13H,14H2,1H3,(H,22,23)/b21-13-. The van der Waals surface area contributed by atoms with Crippen LogP contribution in [-0.2, 0) is 4.79 Å². The molecular weight excluding hydrogens is 316 g/mol. The predicted octanol–water partition coefficient (Wildman–Crippen LogP) is 3.38. The molecule has 0 saturated carbocycles. The van der Waals surface area contributed by atoms with E-state index in [1.165, 1.54) is 0 Å². The number of hydrogen-bond donors (Lipinski definition) is 1. The van der Waals surface area contributed by atoms with Crippen molar-refractivity contribution in [1.82, 2.24) is 5.43 Å². The van der Waals surface area contributed by atoms with Gasteiger partial charge in [-0.25, -0.2) is 5.43 Å². The highest BCUT2D eigenvalue weighted by Gasteiger charge is 2.06. The van der Waals surface area contributed by atoms with Gasteiger partial charge in [-0.3, -0.25) is 4.79 Å². The Morgan fingerprint density at radius 1 is 1.04 bits per heavy atom. The van der Waals surface area contributed by atoms with Crippen LogP contribution in [0.3, 0.4) is 0 Å². The Labute approximate surface area is 145 Å². The lowest BCUT2D eigenvalue weighted by atomic mass is 10.0. The van der Waals surface area contributed by atoms with Gasteiger partial charge in [0.05, 0.1) is 13.3 Å². The molecule has 0 unspecified atom stereocenters. The van der Waals surface area contributed by atoms with Crippen LogP contribution in [0.2, 0.25) is 0 Å². The van der Waals surface area contributed by atoms with E-state index in [1.54, 1.807) is 25.5 Å². The highest BCUT2D eigenvalue weighted by molar-refractivity contribution is 6.02. The largest absolute Gasteiger partial charge is 0.496 e. The third kappa shape index (κ3) is 4.14. The molecule has 3 aromatic rings. The molecule has 3 rings (SSSR count). The summed E-state index contributed by atoms with van der Waals surface area (Å²) < 4.78 is 10.8. The zero-order valence-electron chi connectivity index (χ0n) is 13.8. The van der Waals surface area contributed by atoms with Crippen molar-refractivity contribution in [3.8, 4) is 11.5 Å². The molecule has 0 saturated heterocycles. The van der Waals surface area contributed by atoms with Crippen molar-refractivity contribution < 1.29 is 14.3 Å². The van der Waals surface area contributed by atoms with Crippen molar-refractivity contribution in [2.45, 2.75) is 0 Å². The lowest BCUT2D eigenvalue weighted by Crippen LogP contribution is -2.24. The summed E-state index contributed by atoms with van der Waals surface area (Å²) in [6, 6.07) is 20.9. The van der Waals surface area contributed by atoms with Crippen molar-refractivity contribution in [2.75, 3.05) is 13.7 Å². The summed E-state index contributed by atoms with van der Waals surface area (Å²) in [5.74, 6) is 0.994. The van der Waals surface area contributed by atoms with E-state index >= 15 is 0 Å². The highest BCUT2D eigenvalue weighted by atomic mass is 16.5. The van der Waals surface area contributed by atoms with Gasteiger partial charge in [0.15, 0.2) is 6.61 Å². The molecule has 1 amide bonds. The molecular formula is C20H18N2O3. The molecule has 1 N–H and O–H groups in total. The van der Waals surface area contributed by atoms with Crippen LogP contribution in [0.1, 0.15) is 5.56 Å². The number of rotatable bonds is 6. The SMILES string of the molecule is COc1ccc2ccccc2c1/C=N\NC(=O)COc1ccccc1. The van der Waals surface area contributed by atoms with Crippen molar-refractivity contribution in [2.24, 2.45) is 5.10 Å². The number of amides is 1. The van der Waals surface area contributed by atoms with Gasteiger partial charge in [-0.2, -0.15) is 5.10 Å². The minimum Gasteiger partial charge on any atom is -0.496 e. The number of nitrogens with zero attached hydrogens (tertiary/aromatic N) is 1. The molecule has 5 heteroatoms. The number of ether oxygens (including phenoxy) is 2. The van der Waals surface area contributed by atoms with Gasteiger partial charge in [-0.15, -0.1) is 0 Å². The smallest absolute Gasteiger partial charge is 0.277 e. The maximum atomic E-state index is 11.8. The molecule has 0 aliphatic rings. The van der Waals surface area contributed by atoms with Crippen LogP contribution in [0.4, 0.5) is 0 Å². The van der Waals surface area contributed by atoms with Crippen LogP contribution in [0.15, 0.2) is 71.8 Å². The van der Waals surface area contributed by atoms with Crippen LogP contribution < -0.4 is 14.9 Å². The number of carbonyl (C=O) groups excluding carboxylic acids is 1. The van der Waals surface area contributed by atoms with Gasteiger partial charge in [-0.1, -0.05) is 48.5 Å². The highest BCUT2D eigenvalue weighted by Crippen LogP contribution is 2.26. The van der Waals surface area contributed by atoms with Crippen molar-refractivity contribution in [3.05, 3.63) is 72.3 Å². The van der Waals surface area contributed by atoms with Crippen molar-refractivity contribution >= 4 is 22.9 Å². The second kappa shape index (κ2) is 7.97. The molecule has 3 aromatic carbocycles. The maximum Gasteiger partial charge on any atom is 0.277 e. The zero-order chi connectivity index (χ0) is 17.5. The minimum atomic E-state index is -0.334. The van der Waals surface area contributed by atoms with E-state index in [-0.39, 0.29) is 12.5 Å². The lowest BCUT2D eigenvalue weighted by molar-refractivity contribution is -0.123. The van der Waals surface area contributed by atoms with Crippen LogP contribution in [0.25, 0.3) is 10.8 Å². The summed E-state index contributed by atoms with van der Waals surface area (Å²) in [7, 11) is 1.60. The Morgan fingerprint density at radius 3 is 2.60 bits per heavy atom. The predicted molar refractivity (Wildman–Crippen MR) is 98.2 cm³/mol. The quantitative estimate of drug-likeness (QED) is 0.555. The Morgan fingerprint density at radius 2 is 1.80 bits per heavy atom. The normalized spacial score (nSPS) is 10.8. The molecule has 126 valence electrons. The third-order valence-electron chi connectivity index (χ3n) is 3.65. The first-order valence-electron chi connectivity index (χ1n) is 7.83. The molecule has 0 heterocycles. The molecule has 0 radical (unpaired) electrons. The number of methoxy groups -OCH3 is 1.